The second-order valence-electron chi connectivity index (χ2n) is 6.06. The number of hydrogen-bond donors (Lipinski definition) is 1. The molecule has 2 saturated heterocycles. The average Bonchev–Trinajstić information content (AvgIpc) is 2.90. The number of methoxy groups -OCH3 is 1. The molecule has 0 aromatic rings. The highest BCUT2D eigenvalue weighted by Gasteiger charge is 2.52. The maximum Gasteiger partial charge on any atom is 0.330 e. The van der Waals surface area contributed by atoms with Gasteiger partial charge < -0.3 is 19.3 Å². The fraction of sp³-hybridized carbons (Fsp3) is 0.750. The number of carbonyl (C=O) groups excluding carboxylic acids is 1. The Morgan fingerprint density at radius 2 is 2.36 bits per heavy atom. The van der Waals surface area contributed by atoms with E-state index in [1.54, 1.807) is 6.08 Å². The molecule has 5 atom stereocenters. The van der Waals surface area contributed by atoms with E-state index in [1.165, 1.54) is 13.2 Å². The van der Waals surface area contributed by atoms with Crippen LogP contribution >= 0.6 is 0 Å². The Kier molecular flexibility index (Phi) is 5.57. The molecule has 2 rings (SSSR count). The highest BCUT2D eigenvalue weighted by molar-refractivity contribution is 5.81. The molecule has 6 nitrogen and oxygen atoms in total. The van der Waals surface area contributed by atoms with E-state index >= 15 is 0 Å². The minimum atomic E-state index is -0.733. The van der Waals surface area contributed by atoms with Crippen LogP contribution < -0.4 is 0 Å². The summed E-state index contributed by atoms with van der Waals surface area (Å²) < 4.78 is 16.6. The van der Waals surface area contributed by atoms with E-state index in [2.05, 4.69) is 10.8 Å². The standard InChI is InChI=1S/C16H23NO5/c1-11(9-17)7-12-3-5-14-16(10-18,22-12)8-13(21-14)4-6-15(19)20-2/h4,6,11-14,18H,3,5,7-8,10H2,1-2H3/b6-4+/t11-,12?,13?,14+,16-/m1/s1. The molecule has 2 fully saturated rings. The first-order valence-electron chi connectivity index (χ1n) is 7.63. The number of esters is 1. The molecule has 2 aliphatic heterocycles. The van der Waals surface area contributed by atoms with Crippen molar-refractivity contribution in [1.29, 1.82) is 5.26 Å². The zero-order chi connectivity index (χ0) is 16.2. The number of hydrogen-bond acceptors (Lipinski definition) is 6. The van der Waals surface area contributed by atoms with Crippen molar-refractivity contribution >= 4 is 5.97 Å². The summed E-state index contributed by atoms with van der Waals surface area (Å²) in [6.45, 7) is 1.74. The molecule has 122 valence electrons. The largest absolute Gasteiger partial charge is 0.466 e. The third kappa shape index (κ3) is 3.67. The Labute approximate surface area is 130 Å². The number of nitrogens with zero attached hydrogens (tertiary/aromatic N) is 1. The number of rotatable bonds is 5. The minimum absolute atomic E-state index is 0.0370. The number of aliphatic hydroxyl groups is 1. The van der Waals surface area contributed by atoms with Crippen LogP contribution in [0.5, 0.6) is 0 Å². The van der Waals surface area contributed by atoms with Crippen LogP contribution in [0.3, 0.4) is 0 Å². The molecule has 1 N–H and O–H groups in total. The monoisotopic (exact) mass is 309 g/mol. The van der Waals surface area contributed by atoms with Crippen molar-refractivity contribution in [2.24, 2.45) is 5.92 Å². The lowest BCUT2D eigenvalue weighted by Crippen LogP contribution is -2.51. The highest BCUT2D eigenvalue weighted by atomic mass is 16.6. The number of ether oxygens (including phenoxy) is 3. The first-order chi connectivity index (χ1) is 10.5. The summed E-state index contributed by atoms with van der Waals surface area (Å²) in [5.74, 6) is -0.507. The van der Waals surface area contributed by atoms with Gasteiger partial charge in [-0.2, -0.15) is 5.26 Å². The zero-order valence-corrected chi connectivity index (χ0v) is 13.0. The third-order valence-corrected chi connectivity index (χ3v) is 4.38. The van der Waals surface area contributed by atoms with Gasteiger partial charge in [-0.25, -0.2) is 4.79 Å². The topological polar surface area (TPSA) is 88.8 Å². The van der Waals surface area contributed by atoms with Gasteiger partial charge in [-0.3, -0.25) is 0 Å². The molecule has 2 heterocycles. The molecule has 0 spiro atoms. The molecule has 0 aliphatic carbocycles. The van der Waals surface area contributed by atoms with Gasteiger partial charge in [-0.1, -0.05) is 0 Å². The third-order valence-electron chi connectivity index (χ3n) is 4.38. The molecule has 6 heteroatoms. The van der Waals surface area contributed by atoms with Gasteiger partial charge in [-0.15, -0.1) is 0 Å². The zero-order valence-electron chi connectivity index (χ0n) is 13.0. The number of carbonyl (C=O) groups is 1. The lowest BCUT2D eigenvalue weighted by Gasteiger charge is -2.41. The van der Waals surface area contributed by atoms with Crippen molar-refractivity contribution in [3.8, 4) is 6.07 Å². The number of fused-ring (bicyclic) bond motifs is 1. The summed E-state index contributed by atoms with van der Waals surface area (Å²) in [7, 11) is 1.32. The fourth-order valence-corrected chi connectivity index (χ4v) is 3.22. The van der Waals surface area contributed by atoms with Crippen molar-refractivity contribution in [3.05, 3.63) is 12.2 Å². The second kappa shape index (κ2) is 7.23. The van der Waals surface area contributed by atoms with Gasteiger partial charge in [0.05, 0.1) is 38.1 Å². The molecular formula is C16H23NO5. The molecule has 0 amide bonds. The highest BCUT2D eigenvalue weighted by Crippen LogP contribution is 2.42. The van der Waals surface area contributed by atoms with Crippen LogP contribution in [-0.4, -0.2) is 48.7 Å². The van der Waals surface area contributed by atoms with Crippen LogP contribution in [0.25, 0.3) is 0 Å². The van der Waals surface area contributed by atoms with Crippen molar-refractivity contribution in [2.45, 2.75) is 56.5 Å². The van der Waals surface area contributed by atoms with Crippen LogP contribution in [0.2, 0.25) is 0 Å². The summed E-state index contributed by atoms with van der Waals surface area (Å²) in [6, 6.07) is 2.21. The molecule has 2 unspecified atom stereocenters. The van der Waals surface area contributed by atoms with E-state index in [9.17, 15) is 9.90 Å². The van der Waals surface area contributed by atoms with Gasteiger partial charge in [0, 0.05) is 18.4 Å². The summed E-state index contributed by atoms with van der Waals surface area (Å²) in [5.41, 5.74) is -0.733. The minimum Gasteiger partial charge on any atom is -0.466 e. The van der Waals surface area contributed by atoms with E-state index in [0.717, 1.165) is 12.8 Å². The maximum atomic E-state index is 11.2. The molecule has 0 bridgehead atoms. The van der Waals surface area contributed by atoms with Crippen LogP contribution in [-0.2, 0) is 19.0 Å². The summed E-state index contributed by atoms with van der Waals surface area (Å²) >= 11 is 0. The predicted octanol–water partition coefficient (Wildman–Crippen LogP) is 1.33. The number of nitriles is 1. The Morgan fingerprint density at radius 1 is 1.59 bits per heavy atom. The van der Waals surface area contributed by atoms with Crippen LogP contribution in [0.4, 0.5) is 0 Å². The molecule has 22 heavy (non-hydrogen) atoms. The fourth-order valence-electron chi connectivity index (χ4n) is 3.22. The van der Waals surface area contributed by atoms with Gasteiger partial charge in [0.1, 0.15) is 5.60 Å². The SMILES string of the molecule is COC(=O)/C=C/C1C[C@]2(CO)OC(C[C@@H](C)C#N)CC[C@@H]2O1. The van der Waals surface area contributed by atoms with Gasteiger partial charge in [0.2, 0.25) is 0 Å². The molecular weight excluding hydrogens is 286 g/mol. The van der Waals surface area contributed by atoms with Crippen LogP contribution in [0.15, 0.2) is 12.2 Å². The van der Waals surface area contributed by atoms with Gasteiger partial charge in [0.25, 0.3) is 0 Å². The van der Waals surface area contributed by atoms with Crippen molar-refractivity contribution in [1.82, 2.24) is 0 Å². The van der Waals surface area contributed by atoms with Gasteiger partial charge >= 0.3 is 5.97 Å². The first kappa shape index (κ1) is 16.9. The van der Waals surface area contributed by atoms with Crippen molar-refractivity contribution in [2.75, 3.05) is 13.7 Å². The van der Waals surface area contributed by atoms with E-state index in [-0.39, 0.29) is 30.8 Å². The summed E-state index contributed by atoms with van der Waals surface area (Å²) in [6.07, 6.45) is 5.25. The maximum absolute atomic E-state index is 11.2. The normalized spacial score (nSPS) is 35.8. The summed E-state index contributed by atoms with van der Waals surface area (Å²) in [5, 5.41) is 18.7. The summed E-state index contributed by atoms with van der Waals surface area (Å²) in [4.78, 5) is 11.2. The second-order valence-corrected chi connectivity index (χ2v) is 6.06. The van der Waals surface area contributed by atoms with E-state index in [0.29, 0.717) is 12.8 Å². The number of aliphatic hydroxyl groups excluding tert-OH is 1. The lowest BCUT2D eigenvalue weighted by atomic mass is 9.85. The van der Waals surface area contributed by atoms with Crippen molar-refractivity contribution in [3.63, 3.8) is 0 Å². The lowest BCUT2D eigenvalue weighted by molar-refractivity contribution is -0.184. The van der Waals surface area contributed by atoms with Crippen LogP contribution in [0.1, 0.15) is 32.6 Å². The Bertz CT molecular complexity index is 472. The first-order valence-corrected chi connectivity index (χ1v) is 7.63. The Balaban J connectivity index is 2.01. The molecule has 0 aromatic heterocycles. The molecule has 0 aromatic carbocycles. The molecule has 0 radical (unpaired) electrons. The van der Waals surface area contributed by atoms with Crippen LogP contribution in [0, 0.1) is 17.2 Å². The molecule has 0 saturated carbocycles. The van der Waals surface area contributed by atoms with E-state index in [4.69, 9.17) is 14.7 Å². The van der Waals surface area contributed by atoms with Gasteiger partial charge in [-0.05, 0) is 32.3 Å². The van der Waals surface area contributed by atoms with E-state index < -0.39 is 11.6 Å². The quantitative estimate of drug-likeness (QED) is 0.609. The Hall–Kier alpha value is -1.42. The van der Waals surface area contributed by atoms with Gasteiger partial charge in [0.15, 0.2) is 0 Å². The molecule has 2 aliphatic rings. The smallest absolute Gasteiger partial charge is 0.330 e. The van der Waals surface area contributed by atoms with Crippen molar-refractivity contribution < 1.29 is 24.1 Å². The average molecular weight is 309 g/mol. The Morgan fingerprint density at radius 3 is 3.00 bits per heavy atom. The predicted molar refractivity (Wildman–Crippen MR) is 77.8 cm³/mol. The van der Waals surface area contributed by atoms with E-state index in [1.807, 2.05) is 6.92 Å².